The maximum absolute atomic E-state index is 11.9. The Kier molecular flexibility index (Phi) is 8.16. The van der Waals surface area contributed by atoms with Crippen molar-refractivity contribution in [2.75, 3.05) is 13.1 Å². The Morgan fingerprint density at radius 2 is 1.83 bits per heavy atom. The van der Waals surface area contributed by atoms with E-state index in [1.54, 1.807) is 11.8 Å². The van der Waals surface area contributed by atoms with Crippen molar-refractivity contribution in [2.24, 2.45) is 5.92 Å². The van der Waals surface area contributed by atoms with Crippen molar-refractivity contribution in [3.63, 3.8) is 0 Å². The molecule has 0 saturated carbocycles. The molecule has 2 amide bonds. The Balaban J connectivity index is 4.18. The highest BCUT2D eigenvalue weighted by Gasteiger charge is 2.18. The van der Waals surface area contributed by atoms with Gasteiger partial charge in [-0.1, -0.05) is 26.7 Å². The molecule has 1 atom stereocenters. The molecule has 0 aromatic carbocycles. The quantitative estimate of drug-likeness (QED) is 0.656. The fourth-order valence-electron chi connectivity index (χ4n) is 1.56. The molecule has 2 N–H and O–H groups in total. The fourth-order valence-corrected chi connectivity index (χ4v) is 1.56. The second kappa shape index (κ2) is 8.78. The van der Waals surface area contributed by atoms with E-state index in [-0.39, 0.29) is 18.6 Å². The molecule has 0 saturated heterocycles. The van der Waals surface area contributed by atoms with Gasteiger partial charge in [0.15, 0.2) is 0 Å². The van der Waals surface area contributed by atoms with Gasteiger partial charge >= 0.3 is 12.0 Å². The third-order valence-corrected chi connectivity index (χ3v) is 2.87. The normalized spacial score (nSPS) is 12.3. The van der Waals surface area contributed by atoms with Crippen molar-refractivity contribution in [1.82, 2.24) is 10.2 Å². The van der Waals surface area contributed by atoms with Crippen LogP contribution in [-0.2, 0) is 4.79 Å². The smallest absolute Gasteiger partial charge is 0.317 e. The number of carbonyl (C=O) groups is 2. The van der Waals surface area contributed by atoms with Gasteiger partial charge in [0, 0.05) is 19.1 Å². The highest BCUT2D eigenvalue weighted by atomic mass is 16.4. The van der Waals surface area contributed by atoms with E-state index in [9.17, 15) is 9.59 Å². The van der Waals surface area contributed by atoms with Crippen molar-refractivity contribution in [1.29, 1.82) is 0 Å². The largest absolute Gasteiger partial charge is 0.481 e. The van der Waals surface area contributed by atoms with E-state index >= 15 is 0 Å². The number of carbonyl (C=O) groups excluding carboxylic acids is 1. The Hall–Kier alpha value is -1.26. The Bertz CT molecular complexity index is 267. The molecule has 1 unspecified atom stereocenters. The highest BCUT2D eigenvalue weighted by Crippen LogP contribution is 2.04. The summed E-state index contributed by atoms with van der Waals surface area (Å²) in [6.07, 6.45) is 3.20. The third-order valence-electron chi connectivity index (χ3n) is 2.87. The van der Waals surface area contributed by atoms with Crippen molar-refractivity contribution in [2.45, 2.75) is 53.0 Å². The Labute approximate surface area is 110 Å². The summed E-state index contributed by atoms with van der Waals surface area (Å²) in [4.78, 5) is 24.3. The lowest BCUT2D eigenvalue weighted by molar-refractivity contribution is -0.140. The first kappa shape index (κ1) is 16.7. The van der Waals surface area contributed by atoms with E-state index in [1.807, 2.05) is 13.8 Å². The van der Waals surface area contributed by atoms with Gasteiger partial charge in [-0.15, -0.1) is 0 Å². The maximum atomic E-state index is 11.9. The van der Waals surface area contributed by atoms with E-state index < -0.39 is 11.9 Å². The van der Waals surface area contributed by atoms with Crippen LogP contribution in [0.2, 0.25) is 0 Å². The maximum Gasteiger partial charge on any atom is 0.317 e. The fraction of sp³-hybridized carbons (Fsp3) is 0.846. The van der Waals surface area contributed by atoms with Crippen LogP contribution < -0.4 is 5.32 Å². The molecule has 5 heteroatoms. The Morgan fingerprint density at radius 1 is 1.22 bits per heavy atom. The van der Waals surface area contributed by atoms with Crippen molar-refractivity contribution in [3.8, 4) is 0 Å². The summed E-state index contributed by atoms with van der Waals surface area (Å²) >= 11 is 0. The van der Waals surface area contributed by atoms with Gasteiger partial charge in [-0.2, -0.15) is 0 Å². The zero-order valence-electron chi connectivity index (χ0n) is 11.9. The van der Waals surface area contributed by atoms with E-state index in [1.165, 1.54) is 0 Å². The van der Waals surface area contributed by atoms with Gasteiger partial charge in [-0.3, -0.25) is 4.79 Å². The molecule has 0 aliphatic rings. The number of nitrogens with zero attached hydrogens (tertiary/aromatic N) is 1. The lowest BCUT2D eigenvalue weighted by Crippen LogP contribution is -2.46. The van der Waals surface area contributed by atoms with Crippen molar-refractivity contribution < 1.29 is 14.7 Å². The molecule has 0 spiro atoms. The molecular weight excluding hydrogens is 232 g/mol. The van der Waals surface area contributed by atoms with Gasteiger partial charge in [0.25, 0.3) is 0 Å². The van der Waals surface area contributed by atoms with E-state index in [4.69, 9.17) is 5.11 Å². The molecule has 0 fully saturated rings. The molecule has 0 bridgehead atoms. The lowest BCUT2D eigenvalue weighted by Gasteiger charge is -2.27. The first-order chi connectivity index (χ1) is 8.40. The number of rotatable bonds is 8. The Morgan fingerprint density at radius 3 is 2.28 bits per heavy atom. The minimum Gasteiger partial charge on any atom is -0.481 e. The van der Waals surface area contributed by atoms with Crippen molar-refractivity contribution >= 4 is 12.0 Å². The van der Waals surface area contributed by atoms with Crippen LogP contribution in [0.25, 0.3) is 0 Å². The second-order valence-corrected chi connectivity index (χ2v) is 4.92. The summed E-state index contributed by atoms with van der Waals surface area (Å²) in [5.41, 5.74) is 0. The molecule has 18 heavy (non-hydrogen) atoms. The number of hydrogen-bond acceptors (Lipinski definition) is 2. The lowest BCUT2D eigenvalue weighted by atomic mass is 10.2. The molecule has 0 rings (SSSR count). The molecule has 0 aliphatic carbocycles. The highest BCUT2D eigenvalue weighted by molar-refractivity contribution is 5.76. The summed E-state index contributed by atoms with van der Waals surface area (Å²) in [7, 11) is 0. The van der Waals surface area contributed by atoms with Crippen LogP contribution in [0.4, 0.5) is 4.79 Å². The molecule has 106 valence electrons. The summed E-state index contributed by atoms with van der Waals surface area (Å²) in [5, 5.41) is 11.4. The molecule has 0 aromatic heterocycles. The van der Waals surface area contributed by atoms with Gasteiger partial charge in [0.2, 0.25) is 0 Å². The topological polar surface area (TPSA) is 69.6 Å². The molecule has 0 aromatic rings. The van der Waals surface area contributed by atoms with Crippen LogP contribution in [0.15, 0.2) is 0 Å². The summed E-state index contributed by atoms with van der Waals surface area (Å²) in [6.45, 7) is 8.52. The monoisotopic (exact) mass is 258 g/mol. The van der Waals surface area contributed by atoms with Gasteiger partial charge < -0.3 is 15.3 Å². The first-order valence-corrected chi connectivity index (χ1v) is 6.67. The zero-order chi connectivity index (χ0) is 14.1. The third kappa shape index (κ3) is 6.47. The van der Waals surface area contributed by atoms with Crippen LogP contribution >= 0.6 is 0 Å². The minimum absolute atomic E-state index is 0.127. The molecule has 5 nitrogen and oxygen atoms in total. The molecule has 0 aliphatic heterocycles. The number of carboxylic acids is 1. The average molecular weight is 258 g/mol. The van der Waals surface area contributed by atoms with E-state index in [2.05, 4.69) is 12.2 Å². The second-order valence-electron chi connectivity index (χ2n) is 4.92. The van der Waals surface area contributed by atoms with Crippen LogP contribution in [0.1, 0.15) is 47.0 Å². The SMILES string of the molecule is CCCCCN(C(=O)NCC(C)C(=O)O)C(C)C. The summed E-state index contributed by atoms with van der Waals surface area (Å²) < 4.78 is 0. The van der Waals surface area contributed by atoms with Gasteiger partial charge in [-0.25, -0.2) is 4.79 Å². The standard InChI is InChI=1S/C13H26N2O3/c1-5-6-7-8-15(10(2)3)13(18)14-9-11(4)12(16)17/h10-11H,5-9H2,1-4H3,(H,14,18)(H,16,17). The number of hydrogen-bond donors (Lipinski definition) is 2. The number of unbranched alkanes of at least 4 members (excludes halogenated alkanes) is 2. The molecule has 0 heterocycles. The summed E-state index contributed by atoms with van der Waals surface area (Å²) in [6, 6.07) is -0.0452. The number of urea groups is 1. The predicted molar refractivity (Wildman–Crippen MR) is 71.6 cm³/mol. The van der Waals surface area contributed by atoms with E-state index in [0.717, 1.165) is 25.8 Å². The number of nitrogens with one attached hydrogen (secondary N) is 1. The summed E-state index contributed by atoms with van der Waals surface area (Å²) in [5.74, 6) is -1.45. The van der Waals surface area contributed by atoms with Crippen LogP contribution in [0.5, 0.6) is 0 Å². The van der Waals surface area contributed by atoms with Crippen LogP contribution in [0, 0.1) is 5.92 Å². The minimum atomic E-state index is -0.891. The van der Waals surface area contributed by atoms with Crippen LogP contribution in [0.3, 0.4) is 0 Å². The van der Waals surface area contributed by atoms with Gasteiger partial charge in [0.1, 0.15) is 0 Å². The number of amides is 2. The number of carboxylic acid groups (broad SMARTS) is 1. The first-order valence-electron chi connectivity index (χ1n) is 6.67. The van der Waals surface area contributed by atoms with Gasteiger partial charge in [-0.05, 0) is 20.3 Å². The van der Waals surface area contributed by atoms with E-state index in [0.29, 0.717) is 0 Å². The predicted octanol–water partition coefficient (Wildman–Crippen LogP) is 2.32. The van der Waals surface area contributed by atoms with Gasteiger partial charge in [0.05, 0.1) is 5.92 Å². The zero-order valence-corrected chi connectivity index (χ0v) is 11.9. The number of aliphatic carboxylic acids is 1. The van der Waals surface area contributed by atoms with Crippen LogP contribution in [-0.4, -0.2) is 41.1 Å². The van der Waals surface area contributed by atoms with Crippen molar-refractivity contribution in [3.05, 3.63) is 0 Å². The average Bonchev–Trinajstić information content (AvgIpc) is 2.30. The molecule has 0 radical (unpaired) electrons. The molecular formula is C13H26N2O3.